The smallest absolute Gasteiger partial charge is 0.254 e. The van der Waals surface area contributed by atoms with E-state index < -0.39 is 5.82 Å². The molecule has 1 amide bonds. The second-order valence-corrected chi connectivity index (χ2v) is 5.17. The normalized spacial score (nSPS) is 17.1. The first-order chi connectivity index (χ1) is 11.2. The Morgan fingerprint density at radius 1 is 1.39 bits per heavy atom. The maximum atomic E-state index is 13.7. The van der Waals surface area contributed by atoms with Crippen LogP contribution in [0.25, 0.3) is 0 Å². The molecule has 0 saturated carbocycles. The van der Waals surface area contributed by atoms with Crippen molar-refractivity contribution in [3.05, 3.63) is 48.2 Å². The molecule has 7 heteroatoms. The zero-order valence-electron chi connectivity index (χ0n) is 12.6. The highest BCUT2D eigenvalue weighted by molar-refractivity contribution is 5.94. The fourth-order valence-electron chi connectivity index (χ4n) is 2.51. The minimum Gasteiger partial charge on any atom is -0.494 e. The average molecular weight is 317 g/mol. The van der Waals surface area contributed by atoms with Gasteiger partial charge in [-0.15, -0.1) is 0 Å². The number of likely N-dealkylation sites (tertiary alicyclic amines) is 1. The summed E-state index contributed by atoms with van der Waals surface area (Å²) >= 11 is 0. The van der Waals surface area contributed by atoms with Gasteiger partial charge >= 0.3 is 0 Å². The van der Waals surface area contributed by atoms with Crippen LogP contribution in [0.5, 0.6) is 11.6 Å². The third kappa shape index (κ3) is 3.39. The van der Waals surface area contributed by atoms with Crippen LogP contribution in [-0.4, -0.2) is 47.1 Å². The van der Waals surface area contributed by atoms with Gasteiger partial charge in [0.25, 0.3) is 5.91 Å². The van der Waals surface area contributed by atoms with E-state index in [2.05, 4.69) is 9.97 Å². The van der Waals surface area contributed by atoms with Gasteiger partial charge in [-0.25, -0.2) is 9.37 Å². The van der Waals surface area contributed by atoms with Crippen LogP contribution < -0.4 is 9.47 Å². The van der Waals surface area contributed by atoms with E-state index in [1.165, 1.54) is 25.4 Å². The van der Waals surface area contributed by atoms with Crippen molar-refractivity contribution in [3.63, 3.8) is 0 Å². The highest BCUT2D eigenvalue weighted by atomic mass is 19.1. The molecule has 1 aliphatic rings. The summed E-state index contributed by atoms with van der Waals surface area (Å²) in [6, 6.07) is 4.20. The summed E-state index contributed by atoms with van der Waals surface area (Å²) in [5, 5.41) is 0. The third-order valence-electron chi connectivity index (χ3n) is 3.66. The molecule has 2 aromatic rings. The number of ether oxygens (including phenoxy) is 2. The van der Waals surface area contributed by atoms with Crippen LogP contribution in [0.3, 0.4) is 0 Å². The maximum absolute atomic E-state index is 13.7. The highest BCUT2D eigenvalue weighted by Crippen LogP contribution is 2.21. The minimum atomic E-state index is -0.551. The predicted octanol–water partition coefficient (Wildman–Crippen LogP) is 1.92. The SMILES string of the molecule is COc1ccc(C(=O)N2CCC(Oc3cnccn3)C2)cc1F. The van der Waals surface area contributed by atoms with Crippen molar-refractivity contribution in [2.75, 3.05) is 20.2 Å². The van der Waals surface area contributed by atoms with Gasteiger partial charge in [0.1, 0.15) is 6.10 Å². The number of rotatable bonds is 4. The molecule has 1 aromatic carbocycles. The number of aromatic nitrogens is 2. The Morgan fingerprint density at radius 2 is 2.26 bits per heavy atom. The second kappa shape index (κ2) is 6.60. The first-order valence-electron chi connectivity index (χ1n) is 7.23. The quantitative estimate of drug-likeness (QED) is 0.862. The van der Waals surface area contributed by atoms with Crippen LogP contribution in [0.4, 0.5) is 4.39 Å². The average Bonchev–Trinajstić information content (AvgIpc) is 3.03. The number of nitrogens with zero attached hydrogens (tertiary/aromatic N) is 3. The molecule has 0 bridgehead atoms. The number of hydrogen-bond donors (Lipinski definition) is 0. The lowest BCUT2D eigenvalue weighted by molar-refractivity contribution is 0.0770. The van der Waals surface area contributed by atoms with Gasteiger partial charge in [0.05, 0.1) is 19.9 Å². The Bertz CT molecular complexity index is 696. The maximum Gasteiger partial charge on any atom is 0.254 e. The molecule has 2 heterocycles. The molecule has 1 saturated heterocycles. The lowest BCUT2D eigenvalue weighted by Crippen LogP contribution is -2.31. The summed E-state index contributed by atoms with van der Waals surface area (Å²) in [6.45, 7) is 0.987. The molecule has 3 rings (SSSR count). The molecule has 0 radical (unpaired) electrons. The van der Waals surface area contributed by atoms with Gasteiger partial charge in [-0.05, 0) is 18.2 Å². The largest absolute Gasteiger partial charge is 0.494 e. The van der Waals surface area contributed by atoms with Gasteiger partial charge in [-0.2, -0.15) is 0 Å². The molecule has 1 unspecified atom stereocenters. The van der Waals surface area contributed by atoms with Crippen molar-refractivity contribution in [3.8, 4) is 11.6 Å². The van der Waals surface area contributed by atoms with Gasteiger partial charge in [0.2, 0.25) is 5.88 Å². The van der Waals surface area contributed by atoms with E-state index in [1.807, 2.05) is 0 Å². The second-order valence-electron chi connectivity index (χ2n) is 5.17. The van der Waals surface area contributed by atoms with Crippen molar-refractivity contribution in [2.24, 2.45) is 0 Å². The van der Waals surface area contributed by atoms with E-state index in [-0.39, 0.29) is 17.8 Å². The molecule has 1 aromatic heterocycles. The molecule has 1 fully saturated rings. The first kappa shape index (κ1) is 15.2. The predicted molar refractivity (Wildman–Crippen MR) is 79.9 cm³/mol. The van der Waals surface area contributed by atoms with E-state index in [4.69, 9.17) is 9.47 Å². The molecule has 6 nitrogen and oxygen atoms in total. The Kier molecular flexibility index (Phi) is 4.36. The van der Waals surface area contributed by atoms with Crippen LogP contribution in [-0.2, 0) is 0 Å². The third-order valence-corrected chi connectivity index (χ3v) is 3.66. The van der Waals surface area contributed by atoms with Gasteiger partial charge in [-0.1, -0.05) is 0 Å². The van der Waals surface area contributed by atoms with Crippen molar-refractivity contribution in [2.45, 2.75) is 12.5 Å². The summed E-state index contributed by atoms with van der Waals surface area (Å²) in [5.74, 6) is -0.226. The number of amides is 1. The molecule has 1 atom stereocenters. The van der Waals surface area contributed by atoms with Crippen molar-refractivity contribution in [1.29, 1.82) is 0 Å². The van der Waals surface area contributed by atoms with Crippen LogP contribution in [0.2, 0.25) is 0 Å². The highest BCUT2D eigenvalue weighted by Gasteiger charge is 2.29. The van der Waals surface area contributed by atoms with Crippen molar-refractivity contribution < 1.29 is 18.7 Å². The molecule has 23 heavy (non-hydrogen) atoms. The summed E-state index contributed by atoms with van der Waals surface area (Å²) in [7, 11) is 1.38. The molecular formula is C16H16FN3O3. The lowest BCUT2D eigenvalue weighted by Gasteiger charge is -2.17. The van der Waals surface area contributed by atoms with Gasteiger partial charge in [0, 0.05) is 30.9 Å². The van der Waals surface area contributed by atoms with Gasteiger partial charge in [-0.3, -0.25) is 9.78 Å². The zero-order valence-corrected chi connectivity index (χ0v) is 12.6. The summed E-state index contributed by atoms with van der Waals surface area (Å²) < 4.78 is 24.3. The van der Waals surface area contributed by atoms with E-state index >= 15 is 0 Å². The summed E-state index contributed by atoms with van der Waals surface area (Å²) in [5.41, 5.74) is 0.295. The monoisotopic (exact) mass is 317 g/mol. The van der Waals surface area contributed by atoms with E-state index in [1.54, 1.807) is 23.4 Å². The fourth-order valence-corrected chi connectivity index (χ4v) is 2.51. The lowest BCUT2D eigenvalue weighted by atomic mass is 10.2. The number of halogens is 1. The zero-order chi connectivity index (χ0) is 16.2. The number of carbonyl (C=O) groups excluding carboxylic acids is 1. The number of hydrogen-bond acceptors (Lipinski definition) is 5. The first-order valence-corrected chi connectivity index (χ1v) is 7.23. The summed E-state index contributed by atoms with van der Waals surface area (Å²) in [6.07, 6.45) is 5.20. The fraction of sp³-hybridized carbons (Fsp3) is 0.312. The Labute approximate surface area is 132 Å². The number of benzene rings is 1. The molecule has 120 valence electrons. The summed E-state index contributed by atoms with van der Waals surface area (Å²) in [4.78, 5) is 22.1. The van der Waals surface area contributed by atoms with Crippen LogP contribution >= 0.6 is 0 Å². The van der Waals surface area contributed by atoms with Gasteiger partial charge in [0.15, 0.2) is 11.6 Å². The minimum absolute atomic E-state index is 0.117. The van der Waals surface area contributed by atoms with E-state index in [0.29, 0.717) is 31.0 Å². The van der Waals surface area contributed by atoms with Crippen LogP contribution in [0.15, 0.2) is 36.8 Å². The van der Waals surface area contributed by atoms with Crippen LogP contribution in [0.1, 0.15) is 16.8 Å². The van der Waals surface area contributed by atoms with Gasteiger partial charge < -0.3 is 14.4 Å². The molecule has 1 aliphatic heterocycles. The number of methoxy groups -OCH3 is 1. The Morgan fingerprint density at radius 3 is 2.96 bits per heavy atom. The molecular weight excluding hydrogens is 301 g/mol. The standard InChI is InChI=1S/C16H16FN3O3/c1-22-14-3-2-11(8-13(14)17)16(21)20-7-4-12(10-20)23-15-9-18-5-6-19-15/h2-3,5-6,8-9,12H,4,7,10H2,1H3. The Hall–Kier alpha value is -2.70. The van der Waals surface area contributed by atoms with Crippen LogP contribution in [0, 0.1) is 5.82 Å². The number of carbonyl (C=O) groups is 1. The molecule has 0 aliphatic carbocycles. The van der Waals surface area contributed by atoms with Crippen molar-refractivity contribution in [1.82, 2.24) is 14.9 Å². The molecule has 0 N–H and O–H groups in total. The van der Waals surface area contributed by atoms with E-state index in [9.17, 15) is 9.18 Å². The molecule has 0 spiro atoms. The Balaban J connectivity index is 1.64. The topological polar surface area (TPSA) is 64.5 Å². The van der Waals surface area contributed by atoms with E-state index in [0.717, 1.165) is 0 Å². The van der Waals surface area contributed by atoms with Crippen molar-refractivity contribution >= 4 is 5.91 Å².